The fourth-order valence-electron chi connectivity index (χ4n) is 2.19. The van der Waals surface area contributed by atoms with Gasteiger partial charge in [-0.1, -0.05) is 13.3 Å². The molecule has 0 aromatic carbocycles. The summed E-state index contributed by atoms with van der Waals surface area (Å²) in [5, 5.41) is 0. The molecule has 0 N–H and O–H groups in total. The molecule has 0 radical (unpaired) electrons. The molecule has 1 aliphatic rings. The minimum Gasteiger partial charge on any atom is -0.467 e. The standard InChI is InChI=1S/C12H20N4O2/c1-4-9-5-7-16(8-6-9)10-13-11(17-2)15-12(14-10)18-3/h9H,4-8H2,1-3H3. The van der Waals surface area contributed by atoms with Crippen LogP contribution in [0.4, 0.5) is 5.95 Å². The molecular weight excluding hydrogens is 232 g/mol. The zero-order valence-electron chi connectivity index (χ0n) is 11.2. The summed E-state index contributed by atoms with van der Waals surface area (Å²) < 4.78 is 10.1. The zero-order chi connectivity index (χ0) is 13.0. The van der Waals surface area contributed by atoms with Gasteiger partial charge in [0.2, 0.25) is 5.95 Å². The van der Waals surface area contributed by atoms with Gasteiger partial charge in [0.05, 0.1) is 14.2 Å². The SMILES string of the molecule is CCC1CCN(c2nc(OC)nc(OC)n2)CC1. The Balaban J connectivity index is 2.13. The highest BCUT2D eigenvalue weighted by molar-refractivity contribution is 5.32. The van der Waals surface area contributed by atoms with Crippen LogP contribution in [-0.4, -0.2) is 42.3 Å². The van der Waals surface area contributed by atoms with Crippen LogP contribution in [0.2, 0.25) is 0 Å². The average molecular weight is 252 g/mol. The summed E-state index contributed by atoms with van der Waals surface area (Å²) >= 11 is 0. The minimum absolute atomic E-state index is 0.300. The summed E-state index contributed by atoms with van der Waals surface area (Å²) in [5.41, 5.74) is 0. The van der Waals surface area contributed by atoms with Crippen molar-refractivity contribution in [3.05, 3.63) is 0 Å². The molecule has 2 heterocycles. The van der Waals surface area contributed by atoms with Crippen molar-refractivity contribution in [2.24, 2.45) is 5.92 Å². The van der Waals surface area contributed by atoms with Crippen LogP contribution in [0.3, 0.4) is 0 Å². The van der Waals surface area contributed by atoms with E-state index >= 15 is 0 Å². The van der Waals surface area contributed by atoms with E-state index in [9.17, 15) is 0 Å². The Morgan fingerprint density at radius 2 is 1.61 bits per heavy atom. The lowest BCUT2D eigenvalue weighted by molar-refractivity contribution is 0.336. The first-order chi connectivity index (χ1) is 8.76. The molecule has 0 aliphatic carbocycles. The molecule has 0 saturated carbocycles. The first-order valence-corrected chi connectivity index (χ1v) is 6.35. The Hall–Kier alpha value is -1.59. The van der Waals surface area contributed by atoms with E-state index in [1.54, 1.807) is 14.2 Å². The average Bonchev–Trinajstić information content (AvgIpc) is 2.46. The van der Waals surface area contributed by atoms with Gasteiger partial charge in [-0.05, 0) is 18.8 Å². The first kappa shape index (κ1) is 12.9. The molecular formula is C12H20N4O2. The van der Waals surface area contributed by atoms with Gasteiger partial charge in [0.1, 0.15) is 0 Å². The number of anilines is 1. The highest BCUT2D eigenvalue weighted by Crippen LogP contribution is 2.24. The van der Waals surface area contributed by atoms with Crippen LogP contribution >= 0.6 is 0 Å². The molecule has 100 valence electrons. The quantitative estimate of drug-likeness (QED) is 0.809. The molecule has 6 heteroatoms. The van der Waals surface area contributed by atoms with Gasteiger partial charge in [-0.25, -0.2) is 0 Å². The van der Waals surface area contributed by atoms with E-state index in [-0.39, 0.29) is 0 Å². The van der Waals surface area contributed by atoms with Gasteiger partial charge in [0.15, 0.2) is 0 Å². The van der Waals surface area contributed by atoms with E-state index < -0.39 is 0 Å². The number of hydrogen-bond acceptors (Lipinski definition) is 6. The second-order valence-corrected chi connectivity index (χ2v) is 4.45. The molecule has 1 aromatic rings. The molecule has 1 saturated heterocycles. The third-order valence-corrected chi connectivity index (χ3v) is 3.42. The first-order valence-electron chi connectivity index (χ1n) is 6.35. The predicted molar refractivity (Wildman–Crippen MR) is 68.2 cm³/mol. The topological polar surface area (TPSA) is 60.4 Å². The molecule has 18 heavy (non-hydrogen) atoms. The fraction of sp³-hybridized carbons (Fsp3) is 0.750. The van der Waals surface area contributed by atoms with Crippen molar-refractivity contribution in [2.45, 2.75) is 26.2 Å². The summed E-state index contributed by atoms with van der Waals surface area (Å²) in [7, 11) is 3.09. The van der Waals surface area contributed by atoms with Crippen molar-refractivity contribution in [3.63, 3.8) is 0 Å². The third kappa shape index (κ3) is 2.80. The maximum Gasteiger partial charge on any atom is 0.324 e. The largest absolute Gasteiger partial charge is 0.467 e. The third-order valence-electron chi connectivity index (χ3n) is 3.42. The minimum atomic E-state index is 0.300. The number of aromatic nitrogens is 3. The van der Waals surface area contributed by atoms with Crippen molar-refractivity contribution < 1.29 is 9.47 Å². The van der Waals surface area contributed by atoms with Gasteiger partial charge in [-0.15, -0.1) is 4.98 Å². The number of ether oxygens (including phenoxy) is 2. The van der Waals surface area contributed by atoms with E-state index in [1.165, 1.54) is 19.3 Å². The highest BCUT2D eigenvalue weighted by Gasteiger charge is 2.21. The Kier molecular flexibility index (Phi) is 4.17. The maximum absolute atomic E-state index is 5.06. The zero-order valence-corrected chi connectivity index (χ0v) is 11.2. The van der Waals surface area contributed by atoms with E-state index in [1.807, 2.05) is 0 Å². The van der Waals surface area contributed by atoms with Crippen LogP contribution < -0.4 is 14.4 Å². The lowest BCUT2D eigenvalue weighted by Gasteiger charge is -2.31. The van der Waals surface area contributed by atoms with E-state index in [4.69, 9.17) is 9.47 Å². The number of nitrogens with zero attached hydrogens (tertiary/aromatic N) is 4. The molecule has 2 rings (SSSR count). The summed E-state index contributed by atoms with van der Waals surface area (Å²) in [4.78, 5) is 14.7. The number of rotatable bonds is 4. The normalized spacial score (nSPS) is 16.7. The van der Waals surface area contributed by atoms with Crippen LogP contribution in [0.25, 0.3) is 0 Å². The van der Waals surface area contributed by atoms with Crippen molar-refractivity contribution in [1.29, 1.82) is 0 Å². The molecule has 0 atom stereocenters. The molecule has 6 nitrogen and oxygen atoms in total. The van der Waals surface area contributed by atoms with Crippen LogP contribution in [0.5, 0.6) is 12.0 Å². The van der Waals surface area contributed by atoms with E-state index in [2.05, 4.69) is 26.8 Å². The number of methoxy groups -OCH3 is 2. The van der Waals surface area contributed by atoms with Crippen molar-refractivity contribution in [1.82, 2.24) is 15.0 Å². The van der Waals surface area contributed by atoms with Gasteiger partial charge in [-0.3, -0.25) is 0 Å². The van der Waals surface area contributed by atoms with Gasteiger partial charge < -0.3 is 14.4 Å². The van der Waals surface area contributed by atoms with E-state index in [0.29, 0.717) is 18.0 Å². The fourth-order valence-corrected chi connectivity index (χ4v) is 2.19. The molecule has 1 fully saturated rings. The Bertz CT molecular complexity index is 369. The summed E-state index contributed by atoms with van der Waals surface area (Å²) in [6.07, 6.45) is 3.62. The van der Waals surface area contributed by atoms with Crippen LogP contribution in [-0.2, 0) is 0 Å². The highest BCUT2D eigenvalue weighted by atomic mass is 16.5. The van der Waals surface area contributed by atoms with Gasteiger partial charge >= 0.3 is 12.0 Å². The number of hydrogen-bond donors (Lipinski definition) is 0. The lowest BCUT2D eigenvalue weighted by Crippen LogP contribution is -2.34. The lowest BCUT2D eigenvalue weighted by atomic mass is 9.95. The Morgan fingerprint density at radius 3 is 2.06 bits per heavy atom. The van der Waals surface area contributed by atoms with Gasteiger partial charge in [0, 0.05) is 13.1 Å². The van der Waals surface area contributed by atoms with Gasteiger partial charge in [0.25, 0.3) is 0 Å². The van der Waals surface area contributed by atoms with Crippen molar-refractivity contribution in [2.75, 3.05) is 32.2 Å². The van der Waals surface area contributed by atoms with Crippen LogP contribution in [0, 0.1) is 5.92 Å². The molecule has 0 spiro atoms. The molecule has 0 bridgehead atoms. The second kappa shape index (κ2) is 5.84. The molecule has 1 aliphatic heterocycles. The summed E-state index contributed by atoms with van der Waals surface area (Å²) in [6, 6.07) is 0.601. The van der Waals surface area contributed by atoms with Gasteiger partial charge in [-0.2, -0.15) is 9.97 Å². The number of piperidine rings is 1. The van der Waals surface area contributed by atoms with Crippen molar-refractivity contribution >= 4 is 5.95 Å². The summed E-state index contributed by atoms with van der Waals surface area (Å²) in [5.74, 6) is 1.47. The molecule has 1 aromatic heterocycles. The molecule has 0 unspecified atom stereocenters. The predicted octanol–water partition coefficient (Wildman–Crippen LogP) is 1.52. The Labute approximate surface area is 107 Å². The smallest absolute Gasteiger partial charge is 0.324 e. The van der Waals surface area contributed by atoms with E-state index in [0.717, 1.165) is 19.0 Å². The summed E-state index contributed by atoms with van der Waals surface area (Å²) in [6.45, 7) is 4.21. The maximum atomic E-state index is 5.06. The Morgan fingerprint density at radius 1 is 1.06 bits per heavy atom. The second-order valence-electron chi connectivity index (χ2n) is 4.45. The van der Waals surface area contributed by atoms with Crippen LogP contribution in [0.1, 0.15) is 26.2 Å². The molecule has 0 amide bonds. The monoisotopic (exact) mass is 252 g/mol. The van der Waals surface area contributed by atoms with Crippen LogP contribution in [0.15, 0.2) is 0 Å². The van der Waals surface area contributed by atoms with Crippen molar-refractivity contribution in [3.8, 4) is 12.0 Å².